The minimum absolute atomic E-state index is 0.190. The Bertz CT molecular complexity index is 2970. The molecule has 0 fully saturated rings. The number of fused-ring (bicyclic) bond motifs is 7. The zero-order chi connectivity index (χ0) is 40.2. The largest absolute Gasteiger partial charge is 0.310 e. The molecule has 0 N–H and O–H groups in total. The molecule has 1 aliphatic carbocycles. The summed E-state index contributed by atoms with van der Waals surface area (Å²) >= 11 is 0. The number of hydrogen-bond donors (Lipinski definition) is 0. The van der Waals surface area contributed by atoms with Crippen LogP contribution in [-0.4, -0.2) is 4.57 Å². The Morgan fingerprint density at radius 1 is 0.367 bits per heavy atom. The molecule has 1 aromatic heterocycles. The van der Waals surface area contributed by atoms with Crippen molar-refractivity contribution in [3.63, 3.8) is 0 Å². The molecular formula is C57H43N3. The molecule has 3 heteroatoms. The summed E-state index contributed by atoms with van der Waals surface area (Å²) in [5, 5.41) is 2.56. The minimum atomic E-state index is -0.190. The fraction of sp³-hybridized carbons (Fsp3) is 0.0526. The highest BCUT2D eigenvalue weighted by Gasteiger charge is 2.38. The lowest BCUT2D eigenvalue weighted by atomic mass is 9.80. The average molecular weight is 770 g/mol. The van der Waals surface area contributed by atoms with Crippen LogP contribution in [0.3, 0.4) is 0 Å². The minimum Gasteiger partial charge on any atom is -0.310 e. The molecule has 0 bridgehead atoms. The van der Waals surface area contributed by atoms with E-state index in [1.54, 1.807) is 0 Å². The molecule has 0 radical (unpaired) electrons. The Morgan fingerprint density at radius 2 is 0.850 bits per heavy atom. The van der Waals surface area contributed by atoms with Gasteiger partial charge >= 0.3 is 0 Å². The fourth-order valence-corrected chi connectivity index (χ4v) is 9.64. The summed E-state index contributed by atoms with van der Waals surface area (Å²) < 4.78 is 2.52. The lowest BCUT2D eigenvalue weighted by Gasteiger charge is -2.30. The Balaban J connectivity index is 1.26. The molecule has 286 valence electrons. The van der Waals surface area contributed by atoms with E-state index in [4.69, 9.17) is 0 Å². The maximum Gasteiger partial charge on any atom is 0.0547 e. The highest BCUT2D eigenvalue weighted by molar-refractivity contribution is 6.15. The van der Waals surface area contributed by atoms with Crippen molar-refractivity contribution < 1.29 is 0 Å². The van der Waals surface area contributed by atoms with Gasteiger partial charge in [0, 0.05) is 38.9 Å². The van der Waals surface area contributed by atoms with Gasteiger partial charge in [-0.3, -0.25) is 0 Å². The van der Waals surface area contributed by atoms with Crippen LogP contribution < -0.4 is 9.80 Å². The van der Waals surface area contributed by atoms with Crippen LogP contribution in [0.15, 0.2) is 224 Å². The van der Waals surface area contributed by atoms with Crippen LogP contribution >= 0.6 is 0 Å². The van der Waals surface area contributed by atoms with Gasteiger partial charge in [-0.2, -0.15) is 0 Å². The number of anilines is 6. The fourth-order valence-electron chi connectivity index (χ4n) is 9.64. The molecule has 1 heterocycles. The molecule has 10 aromatic rings. The predicted octanol–water partition coefficient (Wildman–Crippen LogP) is 15.7. The van der Waals surface area contributed by atoms with Gasteiger partial charge < -0.3 is 14.4 Å². The molecule has 0 aliphatic heterocycles. The first-order valence-corrected chi connectivity index (χ1v) is 20.8. The molecule has 1 aliphatic rings. The average Bonchev–Trinajstić information content (AvgIpc) is 3.76. The third kappa shape index (κ3) is 5.81. The zero-order valence-electron chi connectivity index (χ0n) is 33.7. The standard InChI is InChI=1S/C57H43N3/c1-57(2)52-31-19-18-30-49(52)50-34-35-53-55(56(50)57)51-33-32-41(40-20-8-3-9-21-40)36-54(51)60(53)48-38-46(58(42-22-10-4-11-23-42)43-24-12-5-13-25-43)37-47(39-48)59(44-26-14-6-15-27-44)45-28-16-7-17-29-45/h3-39H,1-2H3. The van der Waals surface area contributed by atoms with E-state index in [1.165, 1.54) is 55.2 Å². The van der Waals surface area contributed by atoms with Crippen LogP contribution in [0.5, 0.6) is 0 Å². The number of benzene rings is 9. The molecule has 0 saturated heterocycles. The number of rotatable bonds is 8. The second-order valence-electron chi connectivity index (χ2n) is 16.2. The van der Waals surface area contributed by atoms with Crippen LogP contribution in [0, 0.1) is 0 Å². The Kier molecular flexibility index (Phi) is 8.49. The van der Waals surface area contributed by atoms with Crippen LogP contribution in [0.25, 0.3) is 49.7 Å². The summed E-state index contributed by atoms with van der Waals surface area (Å²) in [7, 11) is 0. The Morgan fingerprint density at radius 3 is 1.38 bits per heavy atom. The Labute approximate surface area is 351 Å². The number of nitrogens with zero attached hydrogens (tertiary/aromatic N) is 3. The highest BCUT2D eigenvalue weighted by Crippen LogP contribution is 2.54. The first-order chi connectivity index (χ1) is 29.5. The number of hydrogen-bond acceptors (Lipinski definition) is 2. The maximum absolute atomic E-state index is 2.52. The van der Waals surface area contributed by atoms with Crippen molar-refractivity contribution in [2.24, 2.45) is 0 Å². The first kappa shape index (κ1) is 35.5. The molecule has 0 spiro atoms. The van der Waals surface area contributed by atoms with Crippen LogP contribution in [-0.2, 0) is 5.41 Å². The highest BCUT2D eigenvalue weighted by atomic mass is 15.2. The van der Waals surface area contributed by atoms with E-state index in [1.807, 2.05) is 0 Å². The van der Waals surface area contributed by atoms with E-state index in [0.29, 0.717) is 0 Å². The Hall–Kier alpha value is -7.62. The quantitative estimate of drug-likeness (QED) is 0.152. The lowest BCUT2D eigenvalue weighted by molar-refractivity contribution is 0.666. The molecule has 0 saturated carbocycles. The lowest BCUT2D eigenvalue weighted by Crippen LogP contribution is -2.15. The van der Waals surface area contributed by atoms with Crippen molar-refractivity contribution in [2.45, 2.75) is 19.3 Å². The van der Waals surface area contributed by atoms with E-state index in [9.17, 15) is 0 Å². The molecule has 60 heavy (non-hydrogen) atoms. The predicted molar refractivity (Wildman–Crippen MR) is 253 cm³/mol. The van der Waals surface area contributed by atoms with Gasteiger partial charge in [0.25, 0.3) is 0 Å². The molecule has 0 atom stereocenters. The third-order valence-electron chi connectivity index (χ3n) is 12.3. The summed E-state index contributed by atoms with van der Waals surface area (Å²) in [6.07, 6.45) is 0. The van der Waals surface area contributed by atoms with Gasteiger partial charge in [0.05, 0.1) is 28.1 Å². The molecule has 0 amide bonds. The van der Waals surface area contributed by atoms with Gasteiger partial charge in [0.1, 0.15) is 0 Å². The van der Waals surface area contributed by atoms with Crippen molar-refractivity contribution in [3.05, 3.63) is 236 Å². The van der Waals surface area contributed by atoms with Gasteiger partial charge in [0.2, 0.25) is 0 Å². The van der Waals surface area contributed by atoms with Gasteiger partial charge in [-0.25, -0.2) is 0 Å². The first-order valence-electron chi connectivity index (χ1n) is 20.8. The van der Waals surface area contributed by atoms with Crippen LogP contribution in [0.1, 0.15) is 25.0 Å². The SMILES string of the molecule is CC1(C)c2ccccc2-c2ccc3c(c21)c1ccc(-c2ccccc2)cc1n3-c1cc(N(c2ccccc2)c2ccccc2)cc(N(c2ccccc2)c2ccccc2)c1. The summed E-state index contributed by atoms with van der Waals surface area (Å²) in [4.78, 5) is 4.75. The van der Waals surface area contributed by atoms with Crippen molar-refractivity contribution in [1.29, 1.82) is 0 Å². The second-order valence-corrected chi connectivity index (χ2v) is 16.2. The molecule has 9 aromatic carbocycles. The van der Waals surface area contributed by atoms with Crippen LogP contribution in [0.4, 0.5) is 34.1 Å². The molecule has 3 nitrogen and oxygen atoms in total. The van der Waals surface area contributed by atoms with E-state index >= 15 is 0 Å². The van der Waals surface area contributed by atoms with E-state index < -0.39 is 0 Å². The van der Waals surface area contributed by atoms with Gasteiger partial charge in [-0.15, -0.1) is 0 Å². The summed E-state index contributed by atoms with van der Waals surface area (Å²) in [6.45, 7) is 4.79. The second kappa shape index (κ2) is 14.3. The van der Waals surface area contributed by atoms with Crippen LogP contribution in [0.2, 0.25) is 0 Å². The topological polar surface area (TPSA) is 11.4 Å². The zero-order valence-corrected chi connectivity index (χ0v) is 33.7. The van der Waals surface area contributed by atoms with E-state index in [-0.39, 0.29) is 5.41 Å². The van der Waals surface area contributed by atoms with Gasteiger partial charge in [-0.1, -0.05) is 159 Å². The maximum atomic E-state index is 2.52. The van der Waals surface area contributed by atoms with E-state index in [0.717, 1.165) is 39.8 Å². The molecule has 11 rings (SSSR count). The monoisotopic (exact) mass is 769 g/mol. The summed E-state index contributed by atoms with van der Waals surface area (Å²) in [5.41, 5.74) is 17.5. The van der Waals surface area contributed by atoms with Crippen molar-refractivity contribution in [1.82, 2.24) is 4.57 Å². The van der Waals surface area contributed by atoms with Crippen molar-refractivity contribution >= 4 is 55.9 Å². The van der Waals surface area contributed by atoms with Crippen molar-refractivity contribution in [2.75, 3.05) is 9.80 Å². The number of aromatic nitrogens is 1. The van der Waals surface area contributed by atoms with Gasteiger partial charge in [0.15, 0.2) is 0 Å². The number of para-hydroxylation sites is 4. The third-order valence-corrected chi connectivity index (χ3v) is 12.3. The molecule has 0 unspecified atom stereocenters. The summed E-state index contributed by atoms with van der Waals surface area (Å²) in [6, 6.07) is 81.5. The summed E-state index contributed by atoms with van der Waals surface area (Å²) in [5.74, 6) is 0. The molecular weight excluding hydrogens is 727 g/mol. The normalized spacial score (nSPS) is 12.6. The van der Waals surface area contributed by atoms with E-state index in [2.05, 4.69) is 253 Å². The van der Waals surface area contributed by atoms with Gasteiger partial charge in [-0.05, 0) is 112 Å². The van der Waals surface area contributed by atoms with Crippen molar-refractivity contribution in [3.8, 4) is 27.9 Å². The smallest absolute Gasteiger partial charge is 0.0547 e.